The number of para-hydroxylation sites is 1. The molecule has 122 valence electrons. The van der Waals surface area contributed by atoms with E-state index in [1.807, 2.05) is 0 Å². The summed E-state index contributed by atoms with van der Waals surface area (Å²) < 4.78 is 0. The van der Waals surface area contributed by atoms with Crippen molar-refractivity contribution in [2.45, 2.75) is 39.2 Å². The number of fused-ring (bicyclic) bond motifs is 3. The molecule has 24 heavy (non-hydrogen) atoms. The lowest BCUT2D eigenvalue weighted by Crippen LogP contribution is -2.35. The van der Waals surface area contributed by atoms with E-state index in [9.17, 15) is 0 Å². The normalized spacial score (nSPS) is 22.0. The molecule has 1 unspecified atom stereocenters. The Kier molecular flexibility index (Phi) is 4.02. The molecular formula is C23H25N. The summed E-state index contributed by atoms with van der Waals surface area (Å²) in [5.41, 5.74) is 7.10. The average Bonchev–Trinajstić information content (AvgIpc) is 2.63. The van der Waals surface area contributed by atoms with Crippen molar-refractivity contribution in [3.8, 4) is 0 Å². The van der Waals surface area contributed by atoms with E-state index < -0.39 is 0 Å². The summed E-state index contributed by atoms with van der Waals surface area (Å²) in [5.74, 6) is 0.520. The summed E-state index contributed by atoms with van der Waals surface area (Å²) in [6.07, 6.45) is 17.6. The number of rotatable bonds is 3. The van der Waals surface area contributed by atoms with Gasteiger partial charge >= 0.3 is 0 Å². The van der Waals surface area contributed by atoms with Gasteiger partial charge in [0.1, 0.15) is 0 Å². The van der Waals surface area contributed by atoms with Gasteiger partial charge in [-0.05, 0) is 68.0 Å². The molecule has 0 saturated carbocycles. The Hall–Kier alpha value is -2.28. The molecule has 0 fully saturated rings. The first-order chi connectivity index (χ1) is 11.8. The van der Waals surface area contributed by atoms with Crippen LogP contribution in [0.2, 0.25) is 0 Å². The van der Waals surface area contributed by atoms with Gasteiger partial charge in [-0.2, -0.15) is 0 Å². The third-order valence-corrected chi connectivity index (χ3v) is 5.16. The second-order valence-electron chi connectivity index (χ2n) is 7.06. The Labute approximate surface area is 145 Å². The van der Waals surface area contributed by atoms with Gasteiger partial charge in [-0.3, -0.25) is 0 Å². The zero-order valence-corrected chi connectivity index (χ0v) is 14.6. The van der Waals surface area contributed by atoms with Gasteiger partial charge in [0.05, 0.1) is 0 Å². The number of hydrogen-bond donors (Lipinski definition) is 0. The fraction of sp³-hybridized carbons (Fsp3) is 0.304. The Morgan fingerprint density at radius 1 is 1.00 bits per heavy atom. The summed E-state index contributed by atoms with van der Waals surface area (Å²) in [5, 5.41) is 0. The Morgan fingerprint density at radius 2 is 1.79 bits per heavy atom. The van der Waals surface area contributed by atoms with Gasteiger partial charge in [-0.1, -0.05) is 48.6 Å². The fourth-order valence-corrected chi connectivity index (χ4v) is 4.13. The summed E-state index contributed by atoms with van der Waals surface area (Å²) in [6, 6.07) is 11.2. The maximum Gasteiger partial charge on any atom is 0.0458 e. The van der Waals surface area contributed by atoms with Crippen LogP contribution >= 0.6 is 0 Å². The summed E-state index contributed by atoms with van der Waals surface area (Å²) in [4.78, 5) is 2.49. The third-order valence-electron chi connectivity index (χ3n) is 5.16. The maximum absolute atomic E-state index is 2.49. The van der Waals surface area contributed by atoms with E-state index in [0.29, 0.717) is 12.0 Å². The minimum absolute atomic E-state index is 0.417. The first-order valence-corrected chi connectivity index (χ1v) is 9.09. The van der Waals surface area contributed by atoms with E-state index in [2.05, 4.69) is 85.5 Å². The Bertz CT molecular complexity index is 772. The van der Waals surface area contributed by atoms with Crippen LogP contribution in [0, 0.1) is 5.92 Å². The summed E-state index contributed by atoms with van der Waals surface area (Å²) >= 11 is 0. The van der Waals surface area contributed by atoms with Gasteiger partial charge in [0.2, 0.25) is 0 Å². The molecule has 1 nitrogen and oxygen atoms in total. The molecule has 0 N–H and O–H groups in total. The number of hydrogen-bond acceptors (Lipinski definition) is 1. The number of nitrogens with zero attached hydrogens (tertiary/aromatic N) is 1. The van der Waals surface area contributed by atoms with Gasteiger partial charge in [0.25, 0.3) is 0 Å². The van der Waals surface area contributed by atoms with Crippen LogP contribution in [0.15, 0.2) is 89.2 Å². The van der Waals surface area contributed by atoms with Crippen molar-refractivity contribution in [1.82, 2.24) is 0 Å². The molecule has 0 heterocycles. The predicted molar refractivity (Wildman–Crippen MR) is 103 cm³/mol. The van der Waals surface area contributed by atoms with Crippen molar-refractivity contribution in [2.75, 3.05) is 4.90 Å². The van der Waals surface area contributed by atoms with Gasteiger partial charge < -0.3 is 4.90 Å². The lowest BCUT2D eigenvalue weighted by atomic mass is 9.73. The molecule has 3 aliphatic rings. The van der Waals surface area contributed by atoms with Crippen LogP contribution in [-0.2, 0) is 0 Å². The largest absolute Gasteiger partial charge is 0.339 e. The lowest BCUT2D eigenvalue weighted by Gasteiger charge is -2.40. The SMILES string of the molecule is CC(C)N(C1=CC2=CCCC=C2C2CC=CC=C12)c1ccccc1. The standard InChI is InChI=1S/C23H25N/c1-17(2)24(19-11-4-3-5-12-19)23-16-18-10-6-7-13-20(18)21-14-8-9-15-22(21)23/h3-5,8-13,15-17,21H,6-7,14H2,1-2H3. The molecule has 1 heteroatoms. The van der Waals surface area contributed by atoms with Crippen LogP contribution in [-0.4, -0.2) is 6.04 Å². The molecule has 0 saturated heterocycles. The van der Waals surface area contributed by atoms with Crippen molar-refractivity contribution in [1.29, 1.82) is 0 Å². The van der Waals surface area contributed by atoms with Gasteiger partial charge in [-0.25, -0.2) is 0 Å². The molecule has 1 aromatic rings. The molecule has 0 spiro atoms. The van der Waals surface area contributed by atoms with Crippen molar-refractivity contribution >= 4 is 5.69 Å². The highest BCUT2D eigenvalue weighted by atomic mass is 15.2. The van der Waals surface area contributed by atoms with E-state index in [1.165, 1.54) is 34.5 Å². The van der Waals surface area contributed by atoms with Crippen LogP contribution in [0.25, 0.3) is 0 Å². The van der Waals surface area contributed by atoms with Crippen molar-refractivity contribution in [3.63, 3.8) is 0 Å². The molecule has 1 atom stereocenters. The molecule has 0 bridgehead atoms. The summed E-state index contributed by atoms with van der Waals surface area (Å²) in [6.45, 7) is 4.56. The third kappa shape index (κ3) is 2.58. The Morgan fingerprint density at radius 3 is 2.58 bits per heavy atom. The smallest absolute Gasteiger partial charge is 0.0458 e. The first kappa shape index (κ1) is 15.3. The van der Waals surface area contributed by atoms with Crippen LogP contribution in [0.1, 0.15) is 33.1 Å². The zero-order chi connectivity index (χ0) is 16.5. The number of allylic oxidation sites excluding steroid dienone is 9. The molecule has 0 radical (unpaired) electrons. The number of benzene rings is 1. The predicted octanol–water partition coefficient (Wildman–Crippen LogP) is 5.95. The number of anilines is 1. The van der Waals surface area contributed by atoms with Crippen LogP contribution in [0.3, 0.4) is 0 Å². The van der Waals surface area contributed by atoms with E-state index in [4.69, 9.17) is 0 Å². The topological polar surface area (TPSA) is 3.24 Å². The molecule has 0 amide bonds. The van der Waals surface area contributed by atoms with Crippen LogP contribution in [0.4, 0.5) is 5.69 Å². The zero-order valence-electron chi connectivity index (χ0n) is 14.6. The molecule has 1 aromatic carbocycles. The molecule has 0 aromatic heterocycles. The molecule has 4 rings (SSSR count). The van der Waals surface area contributed by atoms with Gasteiger partial charge in [-0.15, -0.1) is 0 Å². The summed E-state index contributed by atoms with van der Waals surface area (Å²) in [7, 11) is 0. The van der Waals surface area contributed by atoms with Crippen LogP contribution < -0.4 is 4.90 Å². The van der Waals surface area contributed by atoms with Gasteiger partial charge in [0, 0.05) is 23.3 Å². The molecule has 0 aliphatic heterocycles. The minimum atomic E-state index is 0.417. The van der Waals surface area contributed by atoms with Gasteiger partial charge in [0.15, 0.2) is 0 Å². The minimum Gasteiger partial charge on any atom is -0.339 e. The lowest BCUT2D eigenvalue weighted by molar-refractivity contribution is 0.671. The average molecular weight is 315 g/mol. The van der Waals surface area contributed by atoms with E-state index >= 15 is 0 Å². The fourth-order valence-electron chi connectivity index (χ4n) is 4.13. The van der Waals surface area contributed by atoms with E-state index in [-0.39, 0.29) is 0 Å². The first-order valence-electron chi connectivity index (χ1n) is 9.09. The Balaban J connectivity index is 1.86. The van der Waals surface area contributed by atoms with E-state index in [1.54, 1.807) is 0 Å². The van der Waals surface area contributed by atoms with E-state index in [0.717, 1.165) is 12.8 Å². The molecular weight excluding hydrogens is 290 g/mol. The van der Waals surface area contributed by atoms with Crippen molar-refractivity contribution in [3.05, 3.63) is 89.2 Å². The second-order valence-corrected chi connectivity index (χ2v) is 7.06. The van der Waals surface area contributed by atoms with Crippen molar-refractivity contribution < 1.29 is 0 Å². The van der Waals surface area contributed by atoms with Crippen molar-refractivity contribution in [2.24, 2.45) is 5.92 Å². The highest BCUT2D eigenvalue weighted by molar-refractivity contribution is 5.67. The highest BCUT2D eigenvalue weighted by Crippen LogP contribution is 2.45. The molecule has 3 aliphatic carbocycles. The quantitative estimate of drug-likeness (QED) is 0.666. The highest BCUT2D eigenvalue weighted by Gasteiger charge is 2.32. The maximum atomic E-state index is 2.49. The monoisotopic (exact) mass is 315 g/mol. The second kappa shape index (κ2) is 6.32. The van der Waals surface area contributed by atoms with Crippen LogP contribution in [0.5, 0.6) is 0 Å².